The molecule has 45 heavy (non-hydrogen) atoms. The van der Waals surface area contributed by atoms with Crippen molar-refractivity contribution < 1.29 is 37.4 Å². The summed E-state index contributed by atoms with van der Waals surface area (Å²) in [6.45, 7) is 4.02. The molecule has 0 radical (unpaired) electrons. The van der Waals surface area contributed by atoms with Crippen LogP contribution in [0.5, 0.6) is 5.75 Å². The number of nitrogens with one attached hydrogen (secondary N) is 3. The average molecular weight is 634 g/mol. The molecule has 0 bridgehead atoms. The highest BCUT2D eigenvalue weighted by molar-refractivity contribution is 6.00. The highest BCUT2D eigenvalue weighted by Gasteiger charge is 2.33. The molecule has 3 atom stereocenters. The van der Waals surface area contributed by atoms with Gasteiger partial charge in [0.2, 0.25) is 5.91 Å². The number of carbonyl (C=O) groups excluding carboxylic acids is 3. The van der Waals surface area contributed by atoms with E-state index < -0.39 is 29.9 Å². The molecule has 10 nitrogen and oxygen atoms in total. The molecule has 2 aromatic carbocycles. The third-order valence-corrected chi connectivity index (χ3v) is 8.38. The summed E-state index contributed by atoms with van der Waals surface area (Å²) >= 11 is 0. The number of hydrogen-bond donors (Lipinski definition) is 4. The van der Waals surface area contributed by atoms with Gasteiger partial charge in [0.05, 0.1) is 31.2 Å². The number of halogens is 3. The van der Waals surface area contributed by atoms with E-state index in [9.17, 15) is 32.7 Å². The second-order valence-electron chi connectivity index (χ2n) is 12.0. The third-order valence-electron chi connectivity index (χ3n) is 8.38. The van der Waals surface area contributed by atoms with Gasteiger partial charge in [0.1, 0.15) is 11.9 Å². The SMILES string of the molecule is C[C@H]1CN([C@@H](C)CO)C(=O)Cc2cc(NC(=O)Nc3ccc(C(F)(F)F)cc3)ccc2O[C@@H]1CN(C)C(=O)NC1CCCCC1. The van der Waals surface area contributed by atoms with Crippen LogP contribution in [0.2, 0.25) is 0 Å². The van der Waals surface area contributed by atoms with Gasteiger partial charge < -0.3 is 35.6 Å². The molecule has 2 aromatic rings. The van der Waals surface area contributed by atoms with Gasteiger partial charge in [0, 0.05) is 42.5 Å². The number of likely N-dealkylation sites (N-methyl/N-ethyl adjacent to an activating group) is 1. The third kappa shape index (κ3) is 9.25. The van der Waals surface area contributed by atoms with E-state index in [1.807, 2.05) is 6.92 Å². The summed E-state index contributed by atoms with van der Waals surface area (Å²) in [5, 5.41) is 18.1. The van der Waals surface area contributed by atoms with Crippen LogP contribution >= 0.6 is 0 Å². The number of aliphatic hydroxyl groups excluding tert-OH is 1. The molecule has 0 unspecified atom stereocenters. The van der Waals surface area contributed by atoms with Crippen LogP contribution in [-0.2, 0) is 17.4 Å². The fourth-order valence-electron chi connectivity index (χ4n) is 5.65. The number of carbonyl (C=O) groups is 3. The summed E-state index contributed by atoms with van der Waals surface area (Å²) in [6, 6.07) is 7.74. The fourth-order valence-corrected chi connectivity index (χ4v) is 5.65. The van der Waals surface area contributed by atoms with E-state index >= 15 is 0 Å². The summed E-state index contributed by atoms with van der Waals surface area (Å²) in [7, 11) is 1.71. The lowest BCUT2D eigenvalue weighted by atomic mass is 9.96. The first-order chi connectivity index (χ1) is 21.3. The Morgan fingerprint density at radius 1 is 1.07 bits per heavy atom. The number of alkyl halides is 3. The van der Waals surface area contributed by atoms with Gasteiger partial charge in [-0.3, -0.25) is 4.79 Å². The van der Waals surface area contributed by atoms with Crippen LogP contribution in [0, 0.1) is 5.92 Å². The van der Waals surface area contributed by atoms with Crippen molar-refractivity contribution in [3.63, 3.8) is 0 Å². The van der Waals surface area contributed by atoms with Crippen molar-refractivity contribution in [1.29, 1.82) is 0 Å². The van der Waals surface area contributed by atoms with Crippen molar-refractivity contribution in [2.45, 2.75) is 76.7 Å². The summed E-state index contributed by atoms with van der Waals surface area (Å²) in [6.07, 6.45) is 0.231. The van der Waals surface area contributed by atoms with Gasteiger partial charge >= 0.3 is 18.2 Å². The number of urea groups is 2. The Hall–Kier alpha value is -4.00. The fraction of sp³-hybridized carbons (Fsp3) is 0.531. The van der Waals surface area contributed by atoms with Crippen LogP contribution in [0.3, 0.4) is 0 Å². The predicted molar refractivity (Wildman–Crippen MR) is 164 cm³/mol. The number of aliphatic hydroxyl groups is 1. The number of fused-ring (bicyclic) bond motifs is 1. The molecule has 1 aliphatic heterocycles. The van der Waals surface area contributed by atoms with E-state index in [1.54, 1.807) is 42.0 Å². The summed E-state index contributed by atoms with van der Waals surface area (Å²) < 4.78 is 45.1. The minimum atomic E-state index is -4.49. The van der Waals surface area contributed by atoms with Crippen molar-refractivity contribution in [3.05, 3.63) is 53.6 Å². The lowest BCUT2D eigenvalue weighted by molar-refractivity contribution is -0.137. The Bertz CT molecular complexity index is 1330. The molecule has 0 aromatic heterocycles. The van der Waals surface area contributed by atoms with E-state index in [-0.39, 0.29) is 49.2 Å². The maximum Gasteiger partial charge on any atom is 0.416 e. The molecule has 4 rings (SSSR count). The smallest absolute Gasteiger partial charge is 0.416 e. The Morgan fingerprint density at radius 3 is 2.36 bits per heavy atom. The number of ether oxygens (including phenoxy) is 1. The van der Waals surface area contributed by atoms with E-state index in [0.717, 1.165) is 49.9 Å². The van der Waals surface area contributed by atoms with Gasteiger partial charge in [-0.1, -0.05) is 26.2 Å². The van der Waals surface area contributed by atoms with Crippen LogP contribution in [0.4, 0.5) is 34.1 Å². The van der Waals surface area contributed by atoms with Crippen LogP contribution in [0.25, 0.3) is 0 Å². The number of rotatable bonds is 7. The Kier molecular flexibility index (Phi) is 11.2. The zero-order valence-corrected chi connectivity index (χ0v) is 25.8. The highest BCUT2D eigenvalue weighted by Crippen LogP contribution is 2.31. The highest BCUT2D eigenvalue weighted by atomic mass is 19.4. The second kappa shape index (κ2) is 14.9. The van der Waals surface area contributed by atoms with E-state index in [4.69, 9.17) is 4.74 Å². The monoisotopic (exact) mass is 633 g/mol. The topological polar surface area (TPSA) is 123 Å². The zero-order valence-electron chi connectivity index (χ0n) is 25.8. The standard InChI is InChI=1S/C32H42F3N5O5/c1-20-17-40(21(2)19-41)29(42)16-22-15-26(37-30(43)36-25-11-9-23(10-12-25)32(33,34)35)13-14-27(22)45-28(20)18-39(3)31(44)38-24-7-5-4-6-8-24/h9-15,20-21,24,28,41H,4-8,16-19H2,1-3H3,(H,38,44)(H2,36,37,43)/t20-,21-,28+/m0/s1. The van der Waals surface area contributed by atoms with Crippen molar-refractivity contribution in [2.75, 3.05) is 37.4 Å². The number of nitrogens with zero attached hydrogens (tertiary/aromatic N) is 2. The summed E-state index contributed by atoms with van der Waals surface area (Å²) in [5.74, 6) is -0.0108. The molecule has 1 heterocycles. The number of amides is 5. The van der Waals surface area contributed by atoms with Crippen LogP contribution in [0.1, 0.15) is 57.1 Å². The predicted octanol–water partition coefficient (Wildman–Crippen LogP) is 5.47. The van der Waals surface area contributed by atoms with Crippen LogP contribution in [0.15, 0.2) is 42.5 Å². The minimum Gasteiger partial charge on any atom is -0.488 e. The normalized spacial score (nSPS) is 20.1. The first kappa shape index (κ1) is 33.9. The van der Waals surface area contributed by atoms with Crippen molar-refractivity contribution in [1.82, 2.24) is 15.1 Å². The largest absolute Gasteiger partial charge is 0.488 e. The number of benzene rings is 2. The van der Waals surface area contributed by atoms with Gasteiger partial charge in [-0.05, 0) is 62.2 Å². The van der Waals surface area contributed by atoms with Crippen LogP contribution < -0.4 is 20.7 Å². The molecule has 13 heteroatoms. The lowest BCUT2D eigenvalue weighted by Crippen LogP contribution is -2.50. The maximum absolute atomic E-state index is 13.5. The number of anilines is 2. The maximum atomic E-state index is 13.5. The van der Waals surface area contributed by atoms with Crippen molar-refractivity contribution in [3.8, 4) is 5.75 Å². The quantitative estimate of drug-likeness (QED) is 0.322. The van der Waals surface area contributed by atoms with E-state index in [2.05, 4.69) is 16.0 Å². The van der Waals surface area contributed by atoms with E-state index in [1.165, 1.54) is 6.42 Å². The molecule has 1 saturated carbocycles. The lowest BCUT2D eigenvalue weighted by Gasteiger charge is -2.34. The van der Waals surface area contributed by atoms with Gasteiger partial charge in [-0.25, -0.2) is 9.59 Å². The molecule has 1 aliphatic carbocycles. The molecule has 5 amide bonds. The molecule has 0 saturated heterocycles. The average Bonchev–Trinajstić information content (AvgIpc) is 3.04. The number of hydrogen-bond acceptors (Lipinski definition) is 5. The van der Waals surface area contributed by atoms with E-state index in [0.29, 0.717) is 23.5 Å². The molecule has 1 fully saturated rings. The first-order valence-corrected chi connectivity index (χ1v) is 15.3. The first-order valence-electron chi connectivity index (χ1n) is 15.3. The van der Waals surface area contributed by atoms with Gasteiger partial charge in [-0.2, -0.15) is 13.2 Å². The second-order valence-corrected chi connectivity index (χ2v) is 12.0. The molecule has 0 spiro atoms. The molecule has 2 aliphatic rings. The molecular formula is C32H42F3N5O5. The molecule has 4 N–H and O–H groups in total. The van der Waals surface area contributed by atoms with Crippen molar-refractivity contribution >= 4 is 29.3 Å². The van der Waals surface area contributed by atoms with Crippen LogP contribution in [-0.4, -0.2) is 77.8 Å². The Labute approximate surface area is 261 Å². The summed E-state index contributed by atoms with van der Waals surface area (Å²) in [4.78, 5) is 42.4. The van der Waals surface area contributed by atoms with Gasteiger partial charge in [0.25, 0.3) is 0 Å². The summed E-state index contributed by atoms with van der Waals surface area (Å²) in [5.41, 5.74) is 0.174. The molecular weight excluding hydrogens is 591 g/mol. The molecule has 246 valence electrons. The Morgan fingerprint density at radius 2 is 1.71 bits per heavy atom. The van der Waals surface area contributed by atoms with Crippen molar-refractivity contribution in [2.24, 2.45) is 5.92 Å². The zero-order chi connectivity index (χ0) is 32.7. The Balaban J connectivity index is 1.51. The van der Waals surface area contributed by atoms with Gasteiger partial charge in [0.15, 0.2) is 0 Å². The minimum absolute atomic E-state index is 0.0623. The van der Waals surface area contributed by atoms with Gasteiger partial charge in [-0.15, -0.1) is 0 Å².